The third kappa shape index (κ3) is 5.86. The van der Waals surface area contributed by atoms with Crippen LogP contribution in [0.5, 0.6) is 0 Å². The molecule has 1 aliphatic heterocycles. The number of benzene rings is 3. The number of halogens is 2. The van der Waals surface area contributed by atoms with Crippen molar-refractivity contribution in [2.75, 3.05) is 25.0 Å². The van der Waals surface area contributed by atoms with Gasteiger partial charge in [0.1, 0.15) is 0 Å². The van der Waals surface area contributed by atoms with Crippen LogP contribution in [-0.2, 0) is 0 Å². The molecule has 1 saturated heterocycles. The van der Waals surface area contributed by atoms with Crippen molar-refractivity contribution in [3.63, 3.8) is 0 Å². The predicted molar refractivity (Wildman–Crippen MR) is 140 cm³/mol. The number of aryl methyl sites for hydroxylation is 1. The van der Waals surface area contributed by atoms with Crippen LogP contribution in [-0.4, -0.2) is 41.4 Å². The second-order valence-corrected chi connectivity index (χ2v) is 8.92. The van der Waals surface area contributed by atoms with Gasteiger partial charge in [-0.1, -0.05) is 59.6 Å². The first-order valence-electron chi connectivity index (χ1n) is 11.1. The summed E-state index contributed by atoms with van der Waals surface area (Å²) in [4.78, 5) is 21.7. The molecule has 0 saturated carbocycles. The SMILES string of the molecule is Cc1ccccc1N=C(NC#N)N1CCN(C(=O)Nc2ccc(Cl)cc2)C(c2ccccc2Cl)C1. The minimum absolute atomic E-state index is 0.248. The van der Waals surface area contributed by atoms with Crippen molar-refractivity contribution >= 4 is 46.6 Å². The fourth-order valence-electron chi connectivity index (χ4n) is 3.99. The van der Waals surface area contributed by atoms with E-state index >= 15 is 0 Å². The van der Waals surface area contributed by atoms with Gasteiger partial charge in [0.15, 0.2) is 6.19 Å². The Labute approximate surface area is 214 Å². The van der Waals surface area contributed by atoms with Crippen LogP contribution >= 0.6 is 23.2 Å². The third-order valence-electron chi connectivity index (χ3n) is 5.81. The molecule has 4 rings (SSSR count). The lowest BCUT2D eigenvalue weighted by Crippen LogP contribution is -2.55. The minimum atomic E-state index is -0.368. The van der Waals surface area contributed by atoms with Crippen LogP contribution in [0.4, 0.5) is 16.2 Å². The first-order chi connectivity index (χ1) is 17.0. The number of aliphatic imine (C=N–C) groups is 1. The molecule has 0 aliphatic carbocycles. The van der Waals surface area contributed by atoms with Crippen molar-refractivity contribution in [2.24, 2.45) is 4.99 Å². The number of para-hydroxylation sites is 1. The maximum Gasteiger partial charge on any atom is 0.322 e. The number of piperazine rings is 1. The second-order valence-electron chi connectivity index (χ2n) is 8.07. The number of nitriles is 1. The summed E-state index contributed by atoms with van der Waals surface area (Å²) in [6.45, 7) is 3.25. The van der Waals surface area contributed by atoms with Crippen LogP contribution < -0.4 is 10.6 Å². The largest absolute Gasteiger partial charge is 0.338 e. The predicted octanol–water partition coefficient (Wildman–Crippen LogP) is 5.95. The average Bonchev–Trinajstić information content (AvgIpc) is 2.86. The lowest BCUT2D eigenvalue weighted by molar-refractivity contribution is 0.135. The second kappa shape index (κ2) is 11.1. The molecule has 9 heteroatoms. The molecule has 3 aromatic rings. The molecule has 0 spiro atoms. The number of hydrogen-bond donors (Lipinski definition) is 2. The van der Waals surface area contributed by atoms with Gasteiger partial charge in [0.25, 0.3) is 0 Å². The van der Waals surface area contributed by atoms with Crippen molar-refractivity contribution in [1.82, 2.24) is 15.1 Å². The summed E-state index contributed by atoms with van der Waals surface area (Å²) >= 11 is 12.5. The van der Waals surface area contributed by atoms with Gasteiger partial charge in [-0.15, -0.1) is 0 Å². The number of carbonyl (C=O) groups is 1. The summed E-state index contributed by atoms with van der Waals surface area (Å²) in [5.41, 5.74) is 3.22. The Kier molecular flexibility index (Phi) is 7.76. The minimum Gasteiger partial charge on any atom is -0.338 e. The molecule has 178 valence electrons. The zero-order valence-corrected chi connectivity index (χ0v) is 20.6. The van der Waals surface area contributed by atoms with Crippen molar-refractivity contribution in [1.29, 1.82) is 5.26 Å². The van der Waals surface area contributed by atoms with Gasteiger partial charge in [0, 0.05) is 35.4 Å². The highest BCUT2D eigenvalue weighted by atomic mass is 35.5. The van der Waals surface area contributed by atoms with E-state index in [9.17, 15) is 10.1 Å². The molecule has 7 nitrogen and oxygen atoms in total. The lowest BCUT2D eigenvalue weighted by Gasteiger charge is -2.42. The van der Waals surface area contributed by atoms with E-state index in [-0.39, 0.29) is 12.1 Å². The number of nitrogens with zero attached hydrogens (tertiary/aromatic N) is 4. The molecule has 1 atom stereocenters. The van der Waals surface area contributed by atoms with Crippen LogP contribution in [0.3, 0.4) is 0 Å². The van der Waals surface area contributed by atoms with E-state index in [0.29, 0.717) is 41.3 Å². The molecule has 3 aromatic carbocycles. The summed E-state index contributed by atoms with van der Waals surface area (Å²) in [7, 11) is 0. The van der Waals surface area contributed by atoms with Crippen LogP contribution in [0.15, 0.2) is 77.8 Å². The van der Waals surface area contributed by atoms with Gasteiger partial charge in [0.2, 0.25) is 5.96 Å². The number of carbonyl (C=O) groups excluding carboxylic acids is 1. The third-order valence-corrected chi connectivity index (χ3v) is 6.41. The Morgan fingerprint density at radius 1 is 1.03 bits per heavy atom. The van der Waals surface area contributed by atoms with E-state index < -0.39 is 0 Å². The summed E-state index contributed by atoms with van der Waals surface area (Å²) in [6, 6.07) is 21.5. The number of hydrogen-bond acceptors (Lipinski definition) is 3. The van der Waals surface area contributed by atoms with E-state index in [1.165, 1.54) is 0 Å². The van der Waals surface area contributed by atoms with Gasteiger partial charge in [-0.2, -0.15) is 5.26 Å². The summed E-state index contributed by atoms with van der Waals surface area (Å²) in [6.07, 6.45) is 1.99. The van der Waals surface area contributed by atoms with Crippen molar-refractivity contribution in [3.05, 3.63) is 94.0 Å². The van der Waals surface area contributed by atoms with E-state index in [2.05, 4.69) is 10.6 Å². The van der Waals surface area contributed by atoms with Crippen LogP contribution in [0.2, 0.25) is 10.0 Å². The Morgan fingerprint density at radius 2 is 1.74 bits per heavy atom. The van der Waals surface area contributed by atoms with E-state index in [1.54, 1.807) is 35.2 Å². The normalized spacial score (nSPS) is 15.9. The van der Waals surface area contributed by atoms with Crippen LogP contribution in [0, 0.1) is 18.4 Å². The zero-order valence-electron chi connectivity index (χ0n) is 19.1. The van der Waals surface area contributed by atoms with Crippen LogP contribution in [0.25, 0.3) is 0 Å². The first-order valence-corrected chi connectivity index (χ1v) is 11.8. The van der Waals surface area contributed by atoms with Gasteiger partial charge in [-0.3, -0.25) is 5.32 Å². The molecule has 1 heterocycles. The van der Waals surface area contributed by atoms with E-state index in [4.69, 9.17) is 28.2 Å². The molecule has 0 bridgehead atoms. The monoisotopic (exact) mass is 506 g/mol. The van der Waals surface area contributed by atoms with Gasteiger partial charge in [-0.05, 0) is 54.4 Å². The average molecular weight is 507 g/mol. The highest BCUT2D eigenvalue weighted by Gasteiger charge is 2.34. The quantitative estimate of drug-likeness (QED) is 0.199. The smallest absolute Gasteiger partial charge is 0.322 e. The first kappa shape index (κ1) is 24.4. The number of urea groups is 1. The molecule has 1 aliphatic rings. The molecule has 2 amide bonds. The zero-order chi connectivity index (χ0) is 24.8. The molecule has 1 unspecified atom stereocenters. The summed E-state index contributed by atoms with van der Waals surface area (Å²) in [5.74, 6) is 0.427. The fraction of sp³-hybridized carbons (Fsp3) is 0.192. The summed E-state index contributed by atoms with van der Waals surface area (Å²) < 4.78 is 0. The number of guanidine groups is 1. The Morgan fingerprint density at radius 3 is 2.46 bits per heavy atom. The van der Waals surface area contributed by atoms with Gasteiger partial charge in [0.05, 0.1) is 11.7 Å². The molecule has 1 fully saturated rings. The van der Waals surface area contributed by atoms with Crippen LogP contribution in [0.1, 0.15) is 17.2 Å². The van der Waals surface area contributed by atoms with E-state index in [0.717, 1.165) is 16.8 Å². The highest BCUT2D eigenvalue weighted by molar-refractivity contribution is 6.31. The van der Waals surface area contributed by atoms with E-state index in [1.807, 2.05) is 60.5 Å². The van der Waals surface area contributed by atoms with Gasteiger partial charge in [-0.25, -0.2) is 9.79 Å². The topological polar surface area (TPSA) is 83.8 Å². The number of amides is 2. The highest BCUT2D eigenvalue weighted by Crippen LogP contribution is 2.32. The Bertz CT molecular complexity index is 1270. The Balaban J connectivity index is 1.64. The standard InChI is InChI=1S/C26H24Cl2N6O/c1-18-6-2-5-9-23(18)32-25(30-17-29)33-14-15-34(24(16-33)21-7-3-4-8-22(21)28)26(35)31-20-12-10-19(27)11-13-20/h2-13,24H,14-16H2,1H3,(H,30,32)(H,31,35). The molecule has 0 radical (unpaired) electrons. The fourth-order valence-corrected chi connectivity index (χ4v) is 4.38. The molecule has 35 heavy (non-hydrogen) atoms. The maximum atomic E-state index is 13.3. The number of nitrogens with one attached hydrogen (secondary N) is 2. The van der Waals surface area contributed by atoms with Crippen molar-refractivity contribution in [3.8, 4) is 6.19 Å². The molecular weight excluding hydrogens is 483 g/mol. The number of anilines is 1. The van der Waals surface area contributed by atoms with Gasteiger partial charge < -0.3 is 15.1 Å². The Hall–Kier alpha value is -3.73. The maximum absolute atomic E-state index is 13.3. The summed E-state index contributed by atoms with van der Waals surface area (Å²) in [5, 5.41) is 16.2. The molecule has 0 aromatic heterocycles. The van der Waals surface area contributed by atoms with Crippen molar-refractivity contribution < 1.29 is 4.79 Å². The van der Waals surface area contributed by atoms with Crippen molar-refractivity contribution in [2.45, 2.75) is 13.0 Å². The lowest BCUT2D eigenvalue weighted by atomic mass is 10.0. The van der Waals surface area contributed by atoms with Gasteiger partial charge >= 0.3 is 6.03 Å². The number of rotatable bonds is 3. The molecular formula is C26H24Cl2N6O. The molecule has 2 N–H and O–H groups in total.